The van der Waals surface area contributed by atoms with Gasteiger partial charge in [0.15, 0.2) is 0 Å². The number of halogens is 4. The number of carbonyl (C=O) groups excluding carboxylic acids is 1. The average Bonchev–Trinajstić information content (AvgIpc) is 3.13. The van der Waals surface area contributed by atoms with Crippen LogP contribution in [-0.4, -0.2) is 19.1 Å². The van der Waals surface area contributed by atoms with Gasteiger partial charge in [-0.2, -0.15) is 13.2 Å². The molecule has 0 aliphatic heterocycles. The third-order valence-electron chi connectivity index (χ3n) is 5.51. The summed E-state index contributed by atoms with van der Waals surface area (Å²) in [7, 11) is 1.50. The van der Waals surface area contributed by atoms with Gasteiger partial charge in [-0.05, 0) is 36.2 Å². The van der Waals surface area contributed by atoms with E-state index in [1.54, 1.807) is 12.1 Å². The molecular weight excluding hydrogens is 469 g/mol. The van der Waals surface area contributed by atoms with Crippen molar-refractivity contribution in [3.8, 4) is 5.75 Å². The van der Waals surface area contributed by atoms with Gasteiger partial charge in [0.05, 0.1) is 29.1 Å². The van der Waals surface area contributed by atoms with Crippen LogP contribution in [0.5, 0.6) is 5.75 Å². The fourth-order valence-corrected chi connectivity index (χ4v) is 3.97. The predicted molar refractivity (Wildman–Crippen MR) is 128 cm³/mol. The number of amides is 1. The van der Waals surface area contributed by atoms with Gasteiger partial charge in [-0.1, -0.05) is 43.6 Å². The Bertz CT molecular complexity index is 1370. The molecule has 178 valence electrons. The Hall–Kier alpha value is -3.39. The van der Waals surface area contributed by atoms with Crippen molar-refractivity contribution in [1.82, 2.24) is 0 Å². The van der Waals surface area contributed by atoms with Crippen molar-refractivity contribution >= 4 is 50.8 Å². The van der Waals surface area contributed by atoms with Crippen LogP contribution in [0, 0.1) is 5.92 Å². The average molecular weight is 491 g/mol. The molecule has 0 unspecified atom stereocenters. The minimum atomic E-state index is -4.51. The molecule has 4 aromatic rings. The standard InChI is InChI=1S/C25H22ClF3N2O3/c1-13(2)23(30-18-9-8-14(10-17(18)26)25(27,28)29)24(32)31-19-12-21-16(11-22(19)33-3)15-6-4-5-7-20(15)34-21/h4-13,23,30H,1-3H3,(H,31,32)/t23-/m0/s1. The number of benzene rings is 3. The van der Waals surface area contributed by atoms with Crippen LogP contribution in [0.2, 0.25) is 5.02 Å². The first kappa shape index (κ1) is 23.8. The van der Waals surface area contributed by atoms with Gasteiger partial charge in [0, 0.05) is 16.8 Å². The summed E-state index contributed by atoms with van der Waals surface area (Å²) in [6.07, 6.45) is -4.51. The van der Waals surface area contributed by atoms with Crippen molar-refractivity contribution in [3.63, 3.8) is 0 Å². The molecule has 2 N–H and O–H groups in total. The zero-order valence-corrected chi connectivity index (χ0v) is 19.3. The Balaban J connectivity index is 1.62. The van der Waals surface area contributed by atoms with Crippen molar-refractivity contribution in [2.45, 2.75) is 26.1 Å². The summed E-state index contributed by atoms with van der Waals surface area (Å²) in [5, 5.41) is 7.45. The molecule has 4 rings (SSSR count). The fourth-order valence-electron chi connectivity index (χ4n) is 3.74. The third kappa shape index (κ3) is 4.63. The van der Waals surface area contributed by atoms with Crippen LogP contribution >= 0.6 is 11.6 Å². The minimum absolute atomic E-state index is 0.130. The molecule has 1 heterocycles. The number of para-hydroxylation sites is 1. The summed E-state index contributed by atoms with van der Waals surface area (Å²) in [5.74, 6) is -0.165. The highest BCUT2D eigenvalue weighted by Gasteiger charge is 2.31. The summed E-state index contributed by atoms with van der Waals surface area (Å²) in [6, 6.07) is 13.2. The third-order valence-corrected chi connectivity index (χ3v) is 5.83. The zero-order chi connectivity index (χ0) is 24.6. The molecule has 0 spiro atoms. The molecule has 1 amide bonds. The van der Waals surface area contributed by atoms with E-state index in [0.29, 0.717) is 22.6 Å². The molecule has 1 atom stereocenters. The van der Waals surface area contributed by atoms with Crippen LogP contribution < -0.4 is 15.4 Å². The van der Waals surface area contributed by atoms with E-state index in [0.717, 1.165) is 22.9 Å². The lowest BCUT2D eigenvalue weighted by molar-refractivity contribution is -0.137. The van der Waals surface area contributed by atoms with E-state index in [2.05, 4.69) is 10.6 Å². The number of methoxy groups -OCH3 is 1. The van der Waals surface area contributed by atoms with Gasteiger partial charge in [0.1, 0.15) is 23.0 Å². The van der Waals surface area contributed by atoms with Gasteiger partial charge in [-0.25, -0.2) is 0 Å². The highest BCUT2D eigenvalue weighted by Crippen LogP contribution is 2.37. The Labute approximate surface area is 198 Å². The fraction of sp³-hybridized carbons (Fsp3) is 0.240. The van der Waals surface area contributed by atoms with Crippen molar-refractivity contribution in [1.29, 1.82) is 0 Å². The highest BCUT2D eigenvalue weighted by atomic mass is 35.5. The largest absolute Gasteiger partial charge is 0.495 e. The summed E-state index contributed by atoms with van der Waals surface area (Å²) in [4.78, 5) is 13.2. The summed E-state index contributed by atoms with van der Waals surface area (Å²) in [6.45, 7) is 3.63. The first-order valence-corrected chi connectivity index (χ1v) is 10.9. The van der Waals surface area contributed by atoms with Crippen molar-refractivity contribution in [3.05, 3.63) is 65.2 Å². The Kier molecular flexibility index (Phi) is 6.36. The lowest BCUT2D eigenvalue weighted by atomic mass is 10.0. The lowest BCUT2D eigenvalue weighted by Crippen LogP contribution is -2.39. The Morgan fingerprint density at radius 1 is 1.00 bits per heavy atom. The van der Waals surface area contributed by atoms with E-state index in [1.165, 1.54) is 13.2 Å². The number of ether oxygens (including phenoxy) is 1. The molecule has 3 aromatic carbocycles. The van der Waals surface area contributed by atoms with E-state index < -0.39 is 23.7 Å². The summed E-state index contributed by atoms with van der Waals surface area (Å²) in [5.41, 5.74) is 1.06. The second kappa shape index (κ2) is 9.10. The molecule has 1 aromatic heterocycles. The molecule has 0 saturated heterocycles. The highest BCUT2D eigenvalue weighted by molar-refractivity contribution is 6.33. The number of carbonyl (C=O) groups is 1. The molecule has 34 heavy (non-hydrogen) atoms. The molecule has 5 nitrogen and oxygen atoms in total. The lowest BCUT2D eigenvalue weighted by Gasteiger charge is -2.24. The monoisotopic (exact) mass is 490 g/mol. The quantitative estimate of drug-likeness (QED) is 0.297. The number of alkyl halides is 3. The molecule has 0 fully saturated rings. The Morgan fingerprint density at radius 2 is 1.74 bits per heavy atom. The first-order valence-electron chi connectivity index (χ1n) is 10.5. The molecule has 0 aliphatic rings. The van der Waals surface area contributed by atoms with Crippen molar-refractivity contribution in [2.24, 2.45) is 5.92 Å². The number of anilines is 2. The zero-order valence-electron chi connectivity index (χ0n) is 18.6. The van der Waals surface area contributed by atoms with Gasteiger partial charge < -0.3 is 19.8 Å². The van der Waals surface area contributed by atoms with E-state index in [-0.39, 0.29) is 16.6 Å². The molecule has 0 radical (unpaired) electrons. The SMILES string of the molecule is COc1cc2c(cc1NC(=O)[C@@H](Nc1ccc(C(F)(F)F)cc1Cl)C(C)C)oc1ccccc12. The van der Waals surface area contributed by atoms with Crippen LogP contribution in [0.4, 0.5) is 24.5 Å². The molecule has 0 aliphatic carbocycles. The topological polar surface area (TPSA) is 63.5 Å². The number of nitrogens with one attached hydrogen (secondary N) is 2. The van der Waals surface area contributed by atoms with Gasteiger partial charge >= 0.3 is 6.18 Å². The normalized spacial score (nSPS) is 12.8. The maximum atomic E-state index is 13.2. The van der Waals surface area contributed by atoms with Gasteiger partial charge in [0.25, 0.3) is 0 Å². The van der Waals surface area contributed by atoms with Crippen molar-refractivity contribution < 1.29 is 27.1 Å². The van der Waals surface area contributed by atoms with Crippen LogP contribution in [0.1, 0.15) is 19.4 Å². The number of hydrogen-bond acceptors (Lipinski definition) is 4. The number of furan rings is 1. The smallest absolute Gasteiger partial charge is 0.416 e. The van der Waals surface area contributed by atoms with E-state index in [1.807, 2.05) is 38.1 Å². The number of hydrogen-bond donors (Lipinski definition) is 2. The van der Waals surface area contributed by atoms with E-state index >= 15 is 0 Å². The molecule has 0 bridgehead atoms. The number of rotatable bonds is 6. The van der Waals surface area contributed by atoms with Gasteiger partial charge in [-0.3, -0.25) is 4.79 Å². The maximum absolute atomic E-state index is 13.2. The maximum Gasteiger partial charge on any atom is 0.416 e. The summed E-state index contributed by atoms with van der Waals surface area (Å²) < 4.78 is 50.2. The van der Waals surface area contributed by atoms with Crippen LogP contribution in [0.25, 0.3) is 21.9 Å². The second-order valence-electron chi connectivity index (χ2n) is 8.19. The van der Waals surface area contributed by atoms with Gasteiger partial charge in [-0.15, -0.1) is 0 Å². The predicted octanol–water partition coefficient (Wildman–Crippen LogP) is 7.34. The number of fused-ring (bicyclic) bond motifs is 3. The first-order chi connectivity index (χ1) is 16.1. The van der Waals surface area contributed by atoms with Gasteiger partial charge in [0.2, 0.25) is 5.91 Å². The van der Waals surface area contributed by atoms with Crippen LogP contribution in [0.15, 0.2) is 59.0 Å². The van der Waals surface area contributed by atoms with E-state index in [4.69, 9.17) is 20.8 Å². The molecule has 9 heteroatoms. The Morgan fingerprint density at radius 3 is 2.38 bits per heavy atom. The molecule has 0 saturated carbocycles. The van der Waals surface area contributed by atoms with E-state index in [9.17, 15) is 18.0 Å². The molecular formula is C25H22ClF3N2O3. The minimum Gasteiger partial charge on any atom is -0.495 e. The summed E-state index contributed by atoms with van der Waals surface area (Å²) >= 11 is 6.07. The van der Waals surface area contributed by atoms with Crippen molar-refractivity contribution in [2.75, 3.05) is 17.7 Å². The second-order valence-corrected chi connectivity index (χ2v) is 8.60. The van der Waals surface area contributed by atoms with Crippen LogP contribution in [0.3, 0.4) is 0 Å². The van der Waals surface area contributed by atoms with Crippen LogP contribution in [-0.2, 0) is 11.0 Å².